The van der Waals surface area contributed by atoms with E-state index < -0.39 is 0 Å². The van der Waals surface area contributed by atoms with E-state index in [1.165, 1.54) is 38.5 Å². The molecular formula is C11H19NO. The fourth-order valence-electron chi connectivity index (χ4n) is 3.17. The Bertz CT molecular complexity index is 214. The summed E-state index contributed by atoms with van der Waals surface area (Å²) >= 11 is 0. The summed E-state index contributed by atoms with van der Waals surface area (Å²) < 4.78 is 0. The summed E-state index contributed by atoms with van der Waals surface area (Å²) in [5.41, 5.74) is 5.63. The van der Waals surface area contributed by atoms with Crippen LogP contribution in [0.4, 0.5) is 0 Å². The Hall–Kier alpha value is -0.0800. The van der Waals surface area contributed by atoms with Crippen LogP contribution in [-0.2, 0) is 0 Å². The van der Waals surface area contributed by atoms with E-state index in [1.54, 1.807) is 0 Å². The highest BCUT2D eigenvalue weighted by Crippen LogP contribution is 2.67. The summed E-state index contributed by atoms with van der Waals surface area (Å²) in [6.45, 7) is 0.705. The van der Waals surface area contributed by atoms with Crippen molar-refractivity contribution in [2.75, 3.05) is 6.54 Å². The third-order valence-electron chi connectivity index (χ3n) is 4.49. The Balaban J connectivity index is 1.88. The smallest absolute Gasteiger partial charge is 0.0771 e. The van der Waals surface area contributed by atoms with Crippen LogP contribution in [0, 0.1) is 17.3 Å². The molecule has 0 atom stereocenters. The maximum absolute atomic E-state index is 10.8. The summed E-state index contributed by atoms with van der Waals surface area (Å²) in [4.78, 5) is 0. The van der Waals surface area contributed by atoms with Crippen LogP contribution in [0.5, 0.6) is 0 Å². The van der Waals surface area contributed by atoms with Gasteiger partial charge in [0.1, 0.15) is 0 Å². The lowest BCUT2D eigenvalue weighted by atomic mass is 9.76. The summed E-state index contributed by atoms with van der Waals surface area (Å²) in [5.74, 6) is 1.21. The third kappa shape index (κ3) is 0.962. The number of hydrogen-bond acceptors (Lipinski definition) is 2. The molecular weight excluding hydrogens is 162 g/mol. The van der Waals surface area contributed by atoms with E-state index in [-0.39, 0.29) is 11.0 Å². The molecule has 0 aliphatic heterocycles. The van der Waals surface area contributed by atoms with Crippen LogP contribution >= 0.6 is 0 Å². The minimum Gasteiger partial charge on any atom is -0.389 e. The van der Waals surface area contributed by atoms with Gasteiger partial charge in [-0.25, -0.2) is 0 Å². The second kappa shape index (κ2) is 2.29. The molecule has 3 N–H and O–H groups in total. The molecule has 13 heavy (non-hydrogen) atoms. The van der Waals surface area contributed by atoms with Crippen molar-refractivity contribution in [3.05, 3.63) is 0 Å². The molecule has 0 aromatic carbocycles. The minimum absolute atomic E-state index is 0.148. The summed E-state index contributed by atoms with van der Waals surface area (Å²) in [6, 6.07) is 0. The van der Waals surface area contributed by atoms with E-state index in [1.807, 2.05) is 0 Å². The zero-order chi connectivity index (χ0) is 9.10. The van der Waals surface area contributed by atoms with Crippen molar-refractivity contribution in [1.29, 1.82) is 0 Å². The first-order valence-electron chi connectivity index (χ1n) is 5.65. The van der Waals surface area contributed by atoms with Gasteiger partial charge in [-0.15, -0.1) is 0 Å². The van der Waals surface area contributed by atoms with Gasteiger partial charge in [-0.1, -0.05) is 0 Å². The van der Waals surface area contributed by atoms with Gasteiger partial charge in [-0.05, 0) is 50.4 Å². The molecule has 0 spiro atoms. The van der Waals surface area contributed by atoms with E-state index in [0.717, 1.165) is 0 Å². The van der Waals surface area contributed by atoms with E-state index in [2.05, 4.69) is 0 Å². The van der Waals surface area contributed by atoms with Crippen molar-refractivity contribution in [2.45, 2.75) is 44.1 Å². The molecule has 2 nitrogen and oxygen atoms in total. The van der Waals surface area contributed by atoms with Gasteiger partial charge in [0.05, 0.1) is 5.60 Å². The predicted molar refractivity (Wildman–Crippen MR) is 51.1 cm³/mol. The first-order valence-corrected chi connectivity index (χ1v) is 5.65. The molecule has 3 aliphatic rings. The van der Waals surface area contributed by atoms with Gasteiger partial charge in [-0.3, -0.25) is 0 Å². The number of hydrogen-bond donors (Lipinski definition) is 2. The highest BCUT2D eigenvalue weighted by Gasteiger charge is 2.68. The molecule has 0 radical (unpaired) electrons. The number of aliphatic hydroxyl groups is 1. The molecule has 2 heteroatoms. The summed E-state index contributed by atoms with van der Waals surface area (Å²) in [5, 5.41) is 10.8. The SMILES string of the molecule is NCC1(C(O)(C2CC2)C2CC2)CC1. The van der Waals surface area contributed by atoms with Crippen LogP contribution in [0.2, 0.25) is 0 Å². The molecule has 0 heterocycles. The van der Waals surface area contributed by atoms with Crippen LogP contribution in [0.3, 0.4) is 0 Å². The van der Waals surface area contributed by atoms with Crippen LogP contribution in [0.15, 0.2) is 0 Å². The molecule has 3 rings (SSSR count). The molecule has 0 bridgehead atoms. The largest absolute Gasteiger partial charge is 0.389 e. The molecule has 0 aromatic rings. The van der Waals surface area contributed by atoms with Gasteiger partial charge in [0.15, 0.2) is 0 Å². The predicted octanol–water partition coefficient (Wildman–Crippen LogP) is 1.28. The standard InChI is InChI=1S/C11H19NO/c12-7-10(5-6-10)11(13,8-1-2-8)9-3-4-9/h8-9,13H,1-7,12H2. The Morgan fingerprint density at radius 2 is 1.62 bits per heavy atom. The van der Waals surface area contributed by atoms with E-state index in [4.69, 9.17) is 5.73 Å². The average molecular weight is 181 g/mol. The van der Waals surface area contributed by atoms with Gasteiger partial charge >= 0.3 is 0 Å². The Labute approximate surface area is 79.5 Å². The Morgan fingerprint density at radius 3 is 1.85 bits per heavy atom. The molecule has 3 fully saturated rings. The average Bonchev–Trinajstić information content (AvgIpc) is 3.07. The van der Waals surface area contributed by atoms with Gasteiger partial charge in [0.25, 0.3) is 0 Å². The van der Waals surface area contributed by atoms with Crippen molar-refractivity contribution in [2.24, 2.45) is 23.0 Å². The first-order chi connectivity index (χ1) is 6.23. The lowest BCUT2D eigenvalue weighted by Crippen LogP contribution is -2.47. The molecule has 0 saturated heterocycles. The minimum atomic E-state index is -0.345. The van der Waals surface area contributed by atoms with Crippen molar-refractivity contribution in [1.82, 2.24) is 0 Å². The first kappa shape index (κ1) is 8.25. The van der Waals surface area contributed by atoms with Crippen molar-refractivity contribution < 1.29 is 5.11 Å². The quantitative estimate of drug-likeness (QED) is 0.686. The second-order valence-corrected chi connectivity index (χ2v) is 5.36. The van der Waals surface area contributed by atoms with E-state index in [9.17, 15) is 5.11 Å². The molecule has 74 valence electrons. The van der Waals surface area contributed by atoms with Crippen LogP contribution in [-0.4, -0.2) is 17.3 Å². The molecule has 0 amide bonds. The fraction of sp³-hybridized carbons (Fsp3) is 1.00. The zero-order valence-electron chi connectivity index (χ0n) is 8.13. The Kier molecular flexibility index (Phi) is 1.45. The summed E-state index contributed by atoms with van der Waals surface area (Å²) in [7, 11) is 0. The zero-order valence-corrected chi connectivity index (χ0v) is 8.13. The van der Waals surface area contributed by atoms with E-state index in [0.29, 0.717) is 18.4 Å². The van der Waals surface area contributed by atoms with Gasteiger partial charge in [-0.2, -0.15) is 0 Å². The van der Waals surface area contributed by atoms with Crippen molar-refractivity contribution in [3.63, 3.8) is 0 Å². The monoisotopic (exact) mass is 181 g/mol. The molecule has 3 aliphatic carbocycles. The van der Waals surface area contributed by atoms with Crippen molar-refractivity contribution >= 4 is 0 Å². The van der Waals surface area contributed by atoms with E-state index >= 15 is 0 Å². The Morgan fingerprint density at radius 1 is 1.15 bits per heavy atom. The normalized spacial score (nSPS) is 31.8. The third-order valence-corrected chi connectivity index (χ3v) is 4.49. The van der Waals surface area contributed by atoms with Crippen LogP contribution in [0.1, 0.15) is 38.5 Å². The topological polar surface area (TPSA) is 46.2 Å². The molecule has 0 unspecified atom stereocenters. The highest BCUT2D eigenvalue weighted by atomic mass is 16.3. The molecule has 0 aromatic heterocycles. The maximum Gasteiger partial charge on any atom is 0.0771 e. The van der Waals surface area contributed by atoms with Crippen LogP contribution in [0.25, 0.3) is 0 Å². The summed E-state index contributed by atoms with van der Waals surface area (Å²) in [6.07, 6.45) is 7.33. The van der Waals surface area contributed by atoms with Crippen LogP contribution < -0.4 is 5.73 Å². The number of nitrogens with two attached hydrogens (primary N) is 1. The highest BCUT2D eigenvalue weighted by molar-refractivity contribution is 5.19. The van der Waals surface area contributed by atoms with Gasteiger partial charge < -0.3 is 10.8 Å². The lowest BCUT2D eigenvalue weighted by Gasteiger charge is -2.37. The number of rotatable bonds is 4. The maximum atomic E-state index is 10.8. The lowest BCUT2D eigenvalue weighted by molar-refractivity contribution is -0.0696. The van der Waals surface area contributed by atoms with Gasteiger partial charge in [0, 0.05) is 12.0 Å². The fourth-order valence-corrected chi connectivity index (χ4v) is 3.17. The van der Waals surface area contributed by atoms with Crippen molar-refractivity contribution in [3.8, 4) is 0 Å². The molecule has 3 saturated carbocycles. The second-order valence-electron chi connectivity index (χ2n) is 5.36. The van der Waals surface area contributed by atoms with Gasteiger partial charge in [0.2, 0.25) is 0 Å².